The zero-order chi connectivity index (χ0) is 23.0. The number of nitrogens with zero attached hydrogens (tertiary/aromatic N) is 2. The molecule has 0 amide bonds. The first-order chi connectivity index (χ1) is 15.2. The number of pyridine rings is 2. The third-order valence-corrected chi connectivity index (χ3v) is 6.20. The number of ether oxygens (including phenoxy) is 1. The first-order valence-corrected chi connectivity index (χ1v) is 10.9. The monoisotopic (exact) mass is 476 g/mol. The lowest BCUT2D eigenvalue weighted by atomic mass is 10.0. The Kier molecular flexibility index (Phi) is 5.57. The zero-order valence-corrected chi connectivity index (χ0v) is 18.0. The van der Waals surface area contributed by atoms with Gasteiger partial charge in [0.05, 0.1) is 23.4 Å². The van der Waals surface area contributed by atoms with Crippen LogP contribution >= 0.6 is 11.6 Å². The highest BCUT2D eigenvalue weighted by Gasteiger charge is 2.25. The summed E-state index contributed by atoms with van der Waals surface area (Å²) < 4.78 is 62.7. The van der Waals surface area contributed by atoms with E-state index in [1.165, 1.54) is 31.6 Å². The van der Waals surface area contributed by atoms with Gasteiger partial charge in [-0.25, -0.2) is 27.2 Å². The normalized spacial score (nSPS) is 11.5. The van der Waals surface area contributed by atoms with Crippen molar-refractivity contribution in [2.45, 2.75) is 4.90 Å². The highest BCUT2D eigenvalue weighted by Crippen LogP contribution is 2.34. The largest absolute Gasteiger partial charge is 0.480 e. The highest BCUT2D eigenvalue weighted by molar-refractivity contribution is 7.92. The van der Waals surface area contributed by atoms with E-state index >= 15 is 4.39 Å². The van der Waals surface area contributed by atoms with Crippen LogP contribution in [0.4, 0.5) is 20.3 Å². The molecule has 2 heterocycles. The van der Waals surface area contributed by atoms with E-state index in [1.807, 2.05) is 0 Å². The van der Waals surface area contributed by atoms with Gasteiger partial charge in [-0.3, -0.25) is 4.72 Å². The van der Waals surface area contributed by atoms with Crippen molar-refractivity contribution in [2.75, 3.05) is 17.6 Å². The Balaban J connectivity index is 1.79. The van der Waals surface area contributed by atoms with Crippen LogP contribution in [-0.2, 0) is 10.0 Å². The number of aromatic nitrogens is 2. The number of nitrogen functional groups attached to an aromatic ring is 1. The summed E-state index contributed by atoms with van der Waals surface area (Å²) in [5.41, 5.74) is 4.99. The summed E-state index contributed by atoms with van der Waals surface area (Å²) >= 11 is 5.85. The van der Waals surface area contributed by atoms with Crippen molar-refractivity contribution in [3.63, 3.8) is 0 Å². The third-order valence-electron chi connectivity index (χ3n) is 4.63. The molecule has 0 fully saturated rings. The second-order valence-corrected chi connectivity index (χ2v) is 8.81. The van der Waals surface area contributed by atoms with Gasteiger partial charge < -0.3 is 10.5 Å². The average molecular weight is 477 g/mol. The maximum absolute atomic E-state index is 15.3. The van der Waals surface area contributed by atoms with Crippen molar-refractivity contribution in [1.82, 2.24) is 9.97 Å². The lowest BCUT2D eigenvalue weighted by Gasteiger charge is -2.14. The number of nitrogens with one attached hydrogen (secondary N) is 1. The Morgan fingerprint density at radius 1 is 1.03 bits per heavy atom. The number of hydrogen-bond donors (Lipinski definition) is 2. The molecular weight excluding hydrogens is 462 g/mol. The quantitative estimate of drug-likeness (QED) is 0.435. The summed E-state index contributed by atoms with van der Waals surface area (Å²) in [6.45, 7) is 0. The van der Waals surface area contributed by atoms with Crippen molar-refractivity contribution in [2.24, 2.45) is 0 Å². The van der Waals surface area contributed by atoms with Gasteiger partial charge in [0, 0.05) is 17.8 Å². The third kappa shape index (κ3) is 4.02. The maximum Gasteiger partial charge on any atom is 0.267 e. The lowest BCUT2D eigenvalue weighted by Crippen LogP contribution is -2.16. The highest BCUT2D eigenvalue weighted by atomic mass is 35.5. The number of halogens is 3. The summed E-state index contributed by atoms with van der Waals surface area (Å²) in [7, 11) is -3.13. The molecule has 0 radical (unpaired) electrons. The van der Waals surface area contributed by atoms with Crippen LogP contribution in [0.5, 0.6) is 5.88 Å². The van der Waals surface area contributed by atoms with Crippen LogP contribution in [-0.4, -0.2) is 25.5 Å². The van der Waals surface area contributed by atoms with Crippen LogP contribution in [0.15, 0.2) is 59.8 Å². The fourth-order valence-corrected chi connectivity index (χ4v) is 4.59. The summed E-state index contributed by atoms with van der Waals surface area (Å²) in [5.74, 6) is -1.88. The molecule has 0 spiro atoms. The molecule has 0 aliphatic carbocycles. The van der Waals surface area contributed by atoms with Crippen LogP contribution < -0.4 is 15.2 Å². The second-order valence-electron chi connectivity index (χ2n) is 6.72. The number of methoxy groups -OCH3 is 1. The molecule has 0 atom stereocenters. The van der Waals surface area contributed by atoms with Crippen LogP contribution in [0.3, 0.4) is 0 Å². The van der Waals surface area contributed by atoms with E-state index in [1.54, 1.807) is 12.1 Å². The minimum Gasteiger partial charge on any atom is -0.480 e. The Morgan fingerprint density at radius 3 is 2.56 bits per heavy atom. The van der Waals surface area contributed by atoms with Crippen molar-refractivity contribution >= 4 is 43.9 Å². The molecule has 0 unspecified atom stereocenters. The Hall–Kier alpha value is -3.50. The van der Waals surface area contributed by atoms with E-state index < -0.39 is 37.8 Å². The first kappa shape index (κ1) is 21.7. The predicted molar refractivity (Wildman–Crippen MR) is 118 cm³/mol. The van der Waals surface area contributed by atoms with Crippen molar-refractivity contribution in [1.29, 1.82) is 0 Å². The molecule has 0 aliphatic rings. The summed E-state index contributed by atoms with van der Waals surface area (Å²) in [5, 5.41) is 1.38. The van der Waals surface area contributed by atoms with E-state index in [4.69, 9.17) is 22.1 Å². The molecule has 2 aromatic carbocycles. The van der Waals surface area contributed by atoms with Gasteiger partial charge >= 0.3 is 0 Å². The van der Waals surface area contributed by atoms with Crippen LogP contribution in [0, 0.1) is 11.6 Å². The van der Waals surface area contributed by atoms with E-state index in [2.05, 4.69) is 14.7 Å². The predicted octanol–water partition coefficient (Wildman–Crippen LogP) is 4.62. The topological polar surface area (TPSA) is 107 Å². The molecule has 4 rings (SSSR count). The number of fused-ring (bicyclic) bond motifs is 1. The molecule has 0 aliphatic heterocycles. The number of anilines is 2. The van der Waals surface area contributed by atoms with Crippen LogP contribution in [0.1, 0.15) is 0 Å². The van der Waals surface area contributed by atoms with Gasteiger partial charge in [0.2, 0.25) is 5.88 Å². The van der Waals surface area contributed by atoms with Gasteiger partial charge in [-0.2, -0.15) is 0 Å². The SMILES string of the molecule is COc1ncc(Cl)cc1S(=O)(=O)Nc1ccc(F)c(-c2ccc3cc(N)ncc3c2)c1F. The number of benzene rings is 2. The fraction of sp³-hybridized carbons (Fsp3) is 0.0476. The molecule has 32 heavy (non-hydrogen) atoms. The molecule has 3 N–H and O–H groups in total. The lowest BCUT2D eigenvalue weighted by molar-refractivity contribution is 0.385. The second kappa shape index (κ2) is 8.21. The van der Waals surface area contributed by atoms with E-state index in [0.29, 0.717) is 11.2 Å². The number of hydrogen-bond acceptors (Lipinski definition) is 6. The van der Waals surface area contributed by atoms with Crippen LogP contribution in [0.25, 0.3) is 21.9 Å². The molecule has 11 heteroatoms. The molecule has 0 bridgehead atoms. The van der Waals surface area contributed by atoms with Crippen LogP contribution in [0.2, 0.25) is 5.02 Å². The van der Waals surface area contributed by atoms with Gasteiger partial charge in [-0.15, -0.1) is 0 Å². The molecule has 164 valence electrons. The number of nitrogens with two attached hydrogens (primary N) is 1. The fourth-order valence-electron chi connectivity index (χ4n) is 3.16. The van der Waals surface area contributed by atoms with Gasteiger partial charge in [0.1, 0.15) is 11.6 Å². The van der Waals surface area contributed by atoms with Crippen molar-refractivity contribution in [3.05, 3.63) is 71.5 Å². The standard InChI is InChI=1S/C21H15ClF2N4O3S/c1-31-21-17(8-14(22)10-27-21)32(29,30)28-16-5-4-15(23)19(20(16)24)12-3-2-11-7-18(25)26-9-13(11)6-12/h2-10,28H,1H3,(H2,25,26). The van der Waals surface area contributed by atoms with Gasteiger partial charge in [0.15, 0.2) is 10.7 Å². The summed E-state index contributed by atoms with van der Waals surface area (Å²) in [6, 6.07) is 9.37. The van der Waals surface area contributed by atoms with Gasteiger partial charge in [-0.1, -0.05) is 23.7 Å². The Labute approximate surface area is 186 Å². The minimum atomic E-state index is -4.36. The summed E-state index contributed by atoms with van der Waals surface area (Å²) in [6.07, 6.45) is 2.69. The minimum absolute atomic E-state index is 0.0388. The van der Waals surface area contributed by atoms with Gasteiger partial charge in [0.25, 0.3) is 10.0 Å². The molecule has 2 aromatic heterocycles. The Morgan fingerprint density at radius 2 is 1.81 bits per heavy atom. The Bertz CT molecular complexity index is 1470. The van der Waals surface area contributed by atoms with Gasteiger partial charge in [-0.05, 0) is 41.3 Å². The van der Waals surface area contributed by atoms with E-state index in [9.17, 15) is 12.8 Å². The summed E-state index contributed by atoms with van der Waals surface area (Å²) in [4.78, 5) is 7.38. The average Bonchev–Trinajstić information content (AvgIpc) is 2.76. The van der Waals surface area contributed by atoms with Crippen molar-refractivity contribution in [3.8, 4) is 17.0 Å². The smallest absolute Gasteiger partial charge is 0.267 e. The molecule has 0 saturated carbocycles. The maximum atomic E-state index is 15.3. The van der Waals surface area contributed by atoms with Crippen molar-refractivity contribution < 1.29 is 21.9 Å². The zero-order valence-electron chi connectivity index (χ0n) is 16.4. The van der Waals surface area contributed by atoms with E-state index in [-0.39, 0.29) is 16.5 Å². The number of sulfonamides is 1. The molecular formula is C21H15ClF2N4O3S. The molecule has 4 aromatic rings. The number of rotatable bonds is 5. The molecule has 0 saturated heterocycles. The first-order valence-electron chi connectivity index (χ1n) is 9.05. The molecule has 7 nitrogen and oxygen atoms in total. The van der Waals surface area contributed by atoms with E-state index in [0.717, 1.165) is 23.6 Å².